The average Bonchev–Trinajstić information content (AvgIpc) is 2.82. The summed E-state index contributed by atoms with van der Waals surface area (Å²) < 4.78 is 16.4. The van der Waals surface area contributed by atoms with Crippen LogP contribution in [0, 0.1) is 0 Å². The number of carbonyl (C=O) groups is 2. The molecule has 1 saturated heterocycles. The van der Waals surface area contributed by atoms with E-state index in [1.807, 2.05) is 0 Å². The number of likely N-dealkylation sites (tertiary alicyclic amines) is 1. The molecule has 0 aromatic heterocycles. The molecule has 4 rings (SSSR count). The molecule has 0 saturated carbocycles. The number of nitrogens with zero attached hydrogens (tertiary/aromatic N) is 1. The number of hydrogen-bond donors (Lipinski definition) is 2. The van der Waals surface area contributed by atoms with Gasteiger partial charge in [0.2, 0.25) is 0 Å². The Hall–Kier alpha value is -3.52. The second-order valence-corrected chi connectivity index (χ2v) is 7.76. The Morgan fingerprint density at radius 3 is 2.53 bits per heavy atom. The quantitative estimate of drug-likeness (QED) is 0.745. The van der Waals surface area contributed by atoms with E-state index in [-0.39, 0.29) is 24.5 Å². The lowest BCUT2D eigenvalue weighted by atomic mass is 10.1. The van der Waals surface area contributed by atoms with Crippen molar-refractivity contribution in [2.75, 3.05) is 39.2 Å². The van der Waals surface area contributed by atoms with E-state index in [9.17, 15) is 14.7 Å². The van der Waals surface area contributed by atoms with E-state index in [2.05, 4.69) is 5.32 Å². The van der Waals surface area contributed by atoms with Crippen LogP contribution < -0.4 is 19.5 Å². The summed E-state index contributed by atoms with van der Waals surface area (Å²) in [6.07, 6.45) is 2.56. The fourth-order valence-corrected chi connectivity index (χ4v) is 3.82. The number of ether oxygens (including phenoxy) is 3. The predicted molar refractivity (Wildman–Crippen MR) is 119 cm³/mol. The molecule has 2 aliphatic rings. The summed E-state index contributed by atoms with van der Waals surface area (Å²) in [6.45, 7) is 1.16. The van der Waals surface area contributed by atoms with Crippen molar-refractivity contribution in [3.8, 4) is 17.2 Å². The van der Waals surface area contributed by atoms with Crippen molar-refractivity contribution in [3.05, 3.63) is 53.1 Å². The zero-order valence-electron chi connectivity index (χ0n) is 18.1. The van der Waals surface area contributed by atoms with Gasteiger partial charge in [-0.05, 0) is 43.2 Å². The topological polar surface area (TPSA) is 97.3 Å². The van der Waals surface area contributed by atoms with Gasteiger partial charge in [0.05, 0.1) is 25.9 Å². The van der Waals surface area contributed by atoms with Crippen molar-refractivity contribution in [2.45, 2.75) is 18.9 Å². The highest BCUT2D eigenvalue weighted by atomic mass is 16.5. The van der Waals surface area contributed by atoms with Gasteiger partial charge in [-0.15, -0.1) is 0 Å². The third-order valence-corrected chi connectivity index (χ3v) is 5.64. The van der Waals surface area contributed by atoms with Gasteiger partial charge < -0.3 is 29.5 Å². The van der Waals surface area contributed by atoms with Gasteiger partial charge >= 0.3 is 0 Å². The third-order valence-electron chi connectivity index (χ3n) is 5.64. The number of amides is 2. The lowest BCUT2D eigenvalue weighted by Gasteiger charge is -2.29. The highest BCUT2D eigenvalue weighted by molar-refractivity contribution is 6.08. The fourth-order valence-electron chi connectivity index (χ4n) is 3.82. The molecule has 8 heteroatoms. The smallest absolute Gasteiger partial charge is 0.255 e. The Morgan fingerprint density at radius 1 is 1.09 bits per heavy atom. The molecule has 0 aliphatic carbocycles. The number of aliphatic hydroxyl groups excluding tert-OH is 1. The van der Waals surface area contributed by atoms with Crippen LogP contribution in [0.3, 0.4) is 0 Å². The minimum absolute atomic E-state index is 0.108. The first kappa shape index (κ1) is 21.7. The van der Waals surface area contributed by atoms with Crippen molar-refractivity contribution < 1.29 is 28.9 Å². The first-order valence-corrected chi connectivity index (χ1v) is 10.5. The molecule has 2 aromatic carbocycles. The lowest BCUT2D eigenvalue weighted by molar-refractivity contribution is -0.113. The second kappa shape index (κ2) is 9.32. The number of anilines is 1. The average molecular weight is 438 g/mol. The van der Waals surface area contributed by atoms with Gasteiger partial charge in [0.15, 0.2) is 11.5 Å². The molecule has 168 valence electrons. The van der Waals surface area contributed by atoms with Crippen LogP contribution in [0.1, 0.15) is 28.8 Å². The number of rotatable bonds is 5. The van der Waals surface area contributed by atoms with Crippen LogP contribution in [0.4, 0.5) is 5.69 Å². The SMILES string of the molecule is COc1cc2c(cc1OC)OCC(C(=O)Nc1cccc(C(=O)N3CCC(O)CC3)c1)=C2. The summed E-state index contributed by atoms with van der Waals surface area (Å²) in [6, 6.07) is 10.4. The van der Waals surface area contributed by atoms with Gasteiger partial charge in [-0.2, -0.15) is 0 Å². The molecule has 2 aromatic rings. The van der Waals surface area contributed by atoms with Gasteiger partial charge in [0.1, 0.15) is 12.4 Å². The minimum atomic E-state index is -0.346. The molecular formula is C24H26N2O6. The fraction of sp³-hybridized carbons (Fsp3) is 0.333. The summed E-state index contributed by atoms with van der Waals surface area (Å²) in [5, 5.41) is 12.5. The number of aliphatic hydroxyl groups is 1. The first-order chi connectivity index (χ1) is 15.5. The number of nitrogens with one attached hydrogen (secondary N) is 1. The van der Waals surface area contributed by atoms with Crippen molar-refractivity contribution in [2.24, 2.45) is 0 Å². The van der Waals surface area contributed by atoms with E-state index in [4.69, 9.17) is 14.2 Å². The van der Waals surface area contributed by atoms with Gasteiger partial charge in [-0.25, -0.2) is 0 Å². The van der Waals surface area contributed by atoms with Crippen LogP contribution in [-0.4, -0.2) is 61.8 Å². The highest BCUT2D eigenvalue weighted by Crippen LogP contribution is 2.37. The van der Waals surface area contributed by atoms with E-state index >= 15 is 0 Å². The van der Waals surface area contributed by atoms with Crippen LogP contribution >= 0.6 is 0 Å². The van der Waals surface area contributed by atoms with E-state index in [1.165, 1.54) is 0 Å². The van der Waals surface area contributed by atoms with Crippen LogP contribution in [0.2, 0.25) is 0 Å². The number of methoxy groups -OCH3 is 2. The molecule has 2 heterocycles. The molecule has 0 unspecified atom stereocenters. The largest absolute Gasteiger partial charge is 0.493 e. The van der Waals surface area contributed by atoms with Gasteiger partial charge in [0.25, 0.3) is 11.8 Å². The summed E-state index contributed by atoms with van der Waals surface area (Å²) in [5.74, 6) is 1.29. The molecule has 2 amide bonds. The predicted octanol–water partition coefficient (Wildman–Crippen LogP) is 2.72. The van der Waals surface area contributed by atoms with E-state index in [0.29, 0.717) is 60.0 Å². The first-order valence-electron chi connectivity index (χ1n) is 10.5. The maximum atomic E-state index is 12.8. The van der Waals surface area contributed by atoms with Crippen molar-refractivity contribution in [1.29, 1.82) is 0 Å². The molecule has 1 fully saturated rings. The summed E-state index contributed by atoms with van der Waals surface area (Å²) in [4.78, 5) is 27.3. The molecule has 0 atom stereocenters. The molecule has 0 spiro atoms. The molecule has 2 aliphatic heterocycles. The highest BCUT2D eigenvalue weighted by Gasteiger charge is 2.23. The second-order valence-electron chi connectivity index (χ2n) is 7.76. The number of benzene rings is 2. The molecule has 8 nitrogen and oxygen atoms in total. The summed E-state index contributed by atoms with van der Waals surface area (Å²) in [7, 11) is 3.10. The third kappa shape index (κ3) is 4.55. The number of piperidine rings is 1. The normalized spacial score (nSPS) is 15.8. The Morgan fingerprint density at radius 2 is 1.81 bits per heavy atom. The Kier molecular flexibility index (Phi) is 6.32. The van der Waals surface area contributed by atoms with Crippen LogP contribution in [0.25, 0.3) is 6.08 Å². The van der Waals surface area contributed by atoms with Gasteiger partial charge in [-0.3, -0.25) is 9.59 Å². The molecule has 0 radical (unpaired) electrons. The van der Waals surface area contributed by atoms with E-state index in [1.54, 1.807) is 61.6 Å². The van der Waals surface area contributed by atoms with Crippen LogP contribution in [-0.2, 0) is 4.79 Å². The Labute approximate surface area is 186 Å². The molecule has 2 N–H and O–H groups in total. The lowest BCUT2D eigenvalue weighted by Crippen LogP contribution is -2.40. The Balaban J connectivity index is 1.48. The summed E-state index contributed by atoms with van der Waals surface area (Å²) in [5.41, 5.74) is 2.19. The van der Waals surface area contributed by atoms with Gasteiger partial charge in [0, 0.05) is 36.0 Å². The number of fused-ring (bicyclic) bond motifs is 1. The minimum Gasteiger partial charge on any atom is -0.493 e. The molecular weight excluding hydrogens is 412 g/mol. The molecule has 32 heavy (non-hydrogen) atoms. The zero-order valence-corrected chi connectivity index (χ0v) is 18.1. The monoisotopic (exact) mass is 438 g/mol. The van der Waals surface area contributed by atoms with E-state index < -0.39 is 0 Å². The summed E-state index contributed by atoms with van der Waals surface area (Å²) >= 11 is 0. The van der Waals surface area contributed by atoms with Crippen molar-refractivity contribution in [1.82, 2.24) is 4.90 Å². The standard InChI is InChI=1S/C24H26N2O6/c1-30-21-12-16-10-17(14-32-20(16)13-22(21)31-2)23(28)25-18-5-3-4-15(11-18)24(29)26-8-6-19(27)7-9-26/h3-5,10-13,19,27H,6-9,14H2,1-2H3,(H,25,28). The van der Waals surface area contributed by atoms with E-state index in [0.717, 1.165) is 5.56 Å². The van der Waals surface area contributed by atoms with Crippen molar-refractivity contribution >= 4 is 23.6 Å². The Bertz CT molecular complexity index is 1060. The zero-order chi connectivity index (χ0) is 22.7. The van der Waals surface area contributed by atoms with Crippen molar-refractivity contribution in [3.63, 3.8) is 0 Å². The molecule has 0 bridgehead atoms. The van der Waals surface area contributed by atoms with Crippen LogP contribution in [0.5, 0.6) is 17.2 Å². The van der Waals surface area contributed by atoms with Crippen LogP contribution in [0.15, 0.2) is 42.0 Å². The van der Waals surface area contributed by atoms with Gasteiger partial charge in [-0.1, -0.05) is 6.07 Å². The number of hydrogen-bond acceptors (Lipinski definition) is 6. The maximum Gasteiger partial charge on any atom is 0.255 e. The number of carbonyl (C=O) groups excluding carboxylic acids is 2. The maximum absolute atomic E-state index is 12.8.